The summed E-state index contributed by atoms with van der Waals surface area (Å²) >= 11 is 0. The predicted octanol–water partition coefficient (Wildman–Crippen LogP) is 15.9. The first-order valence-electron chi connectivity index (χ1n) is 21.7. The lowest BCUT2D eigenvalue weighted by Crippen LogP contribution is -2.26. The highest BCUT2D eigenvalue weighted by molar-refractivity contribution is 5.97. The molecular weight excluding hydrogens is 723 g/mol. The van der Waals surface area contributed by atoms with Crippen LogP contribution in [0.15, 0.2) is 176 Å². The largest absolute Gasteiger partial charge is 0.310 e. The molecule has 0 radical (unpaired) electrons. The summed E-state index contributed by atoms with van der Waals surface area (Å²) in [6, 6.07) is 67.2. The minimum absolute atomic E-state index is 0.0230. The van der Waals surface area contributed by atoms with Crippen molar-refractivity contribution in [3.63, 3.8) is 0 Å². The standard InChI is InChI=1S/C59H51N/c1-37(2)38-20-22-39(23-21-38)40-24-27-42(28-25-40)60(44-29-32-48-45-14-8-11-17-51(45)58(6,7)55(48)36-44)43-30-33-54-50(35-43)47-16-10-13-19-53(47)59(54)52-18-12-9-15-46(52)49-31-26-41(34-56(49)59)57(3,4)5/h8-37H,1-7H3. The van der Waals surface area contributed by atoms with Crippen LogP contribution in [0.2, 0.25) is 0 Å². The van der Waals surface area contributed by atoms with Crippen LogP contribution in [-0.2, 0) is 16.2 Å². The molecule has 60 heavy (non-hydrogen) atoms. The van der Waals surface area contributed by atoms with Gasteiger partial charge < -0.3 is 4.90 Å². The number of rotatable bonds is 5. The van der Waals surface area contributed by atoms with Crippen LogP contribution < -0.4 is 4.90 Å². The summed E-state index contributed by atoms with van der Waals surface area (Å²) < 4.78 is 0. The fraction of sp³-hybridized carbons (Fsp3) is 0.186. The lowest BCUT2D eigenvalue weighted by molar-refractivity contribution is 0.588. The van der Waals surface area contributed by atoms with Crippen molar-refractivity contribution in [3.05, 3.63) is 220 Å². The molecule has 0 saturated carbocycles. The molecule has 0 bridgehead atoms. The van der Waals surface area contributed by atoms with Gasteiger partial charge in [-0.25, -0.2) is 0 Å². The quantitative estimate of drug-likeness (QED) is 0.168. The Labute approximate surface area is 356 Å². The third-order valence-corrected chi connectivity index (χ3v) is 14.1. The average molecular weight is 774 g/mol. The van der Waals surface area contributed by atoms with Gasteiger partial charge in [-0.15, -0.1) is 0 Å². The van der Waals surface area contributed by atoms with E-state index >= 15 is 0 Å². The fourth-order valence-electron chi connectivity index (χ4n) is 10.9. The highest BCUT2D eigenvalue weighted by Gasteiger charge is 2.52. The molecule has 0 heterocycles. The maximum Gasteiger partial charge on any atom is 0.0725 e. The van der Waals surface area contributed by atoms with Gasteiger partial charge in [-0.2, -0.15) is 0 Å². The van der Waals surface area contributed by atoms with Crippen molar-refractivity contribution >= 4 is 17.1 Å². The number of hydrogen-bond acceptors (Lipinski definition) is 1. The number of anilines is 3. The van der Waals surface area contributed by atoms with Crippen molar-refractivity contribution in [3.8, 4) is 44.5 Å². The van der Waals surface area contributed by atoms with Gasteiger partial charge >= 0.3 is 0 Å². The molecule has 8 aromatic carbocycles. The Balaban J connectivity index is 1.11. The number of hydrogen-bond donors (Lipinski definition) is 0. The second kappa shape index (κ2) is 13.0. The topological polar surface area (TPSA) is 3.24 Å². The van der Waals surface area contributed by atoms with Gasteiger partial charge in [0.2, 0.25) is 0 Å². The molecule has 11 rings (SSSR count). The molecule has 1 unspecified atom stereocenters. The summed E-state index contributed by atoms with van der Waals surface area (Å²) in [5.41, 5.74) is 24.3. The molecule has 8 aromatic rings. The zero-order valence-electron chi connectivity index (χ0n) is 35.8. The van der Waals surface area contributed by atoms with Gasteiger partial charge in [0.05, 0.1) is 5.41 Å². The minimum atomic E-state index is -0.404. The van der Waals surface area contributed by atoms with Crippen molar-refractivity contribution in [1.29, 1.82) is 0 Å². The van der Waals surface area contributed by atoms with E-state index in [1.54, 1.807) is 0 Å². The molecular formula is C59H51N. The van der Waals surface area contributed by atoms with Crippen LogP contribution in [0.1, 0.15) is 98.9 Å². The van der Waals surface area contributed by atoms with E-state index < -0.39 is 5.41 Å². The van der Waals surface area contributed by atoms with Crippen molar-refractivity contribution in [2.45, 2.75) is 70.6 Å². The summed E-state index contributed by atoms with van der Waals surface area (Å²) in [5, 5.41) is 0. The van der Waals surface area contributed by atoms with Crippen LogP contribution in [0.25, 0.3) is 44.5 Å². The Morgan fingerprint density at radius 2 is 0.867 bits per heavy atom. The molecule has 0 saturated heterocycles. The smallest absolute Gasteiger partial charge is 0.0725 e. The summed E-state index contributed by atoms with van der Waals surface area (Å²) in [6.45, 7) is 16.2. The second-order valence-corrected chi connectivity index (χ2v) is 19.1. The summed E-state index contributed by atoms with van der Waals surface area (Å²) in [7, 11) is 0. The molecule has 0 fully saturated rings. The monoisotopic (exact) mass is 773 g/mol. The molecule has 3 aliphatic carbocycles. The van der Waals surface area contributed by atoms with Crippen LogP contribution in [0.3, 0.4) is 0 Å². The molecule has 0 aromatic heterocycles. The highest BCUT2D eigenvalue weighted by Crippen LogP contribution is 2.63. The number of nitrogens with zero attached hydrogens (tertiary/aromatic N) is 1. The van der Waals surface area contributed by atoms with Gasteiger partial charge in [0, 0.05) is 22.5 Å². The molecule has 1 nitrogen and oxygen atoms in total. The summed E-state index contributed by atoms with van der Waals surface area (Å²) in [5.74, 6) is 0.508. The van der Waals surface area contributed by atoms with Gasteiger partial charge in [0.15, 0.2) is 0 Å². The molecule has 0 amide bonds. The Hall–Kier alpha value is -6.44. The van der Waals surface area contributed by atoms with Gasteiger partial charge in [0.25, 0.3) is 0 Å². The maximum absolute atomic E-state index is 2.52. The van der Waals surface area contributed by atoms with Crippen LogP contribution >= 0.6 is 0 Å². The zero-order chi connectivity index (χ0) is 41.1. The SMILES string of the molecule is CC(C)c1ccc(-c2ccc(N(c3ccc4c(c3)-c3ccccc3C43c4ccccc4-c4ccc(C(C)(C)C)cc43)c3ccc4c(c3)C(C)(C)c3ccccc3-4)cc2)cc1. The number of benzene rings is 8. The Morgan fingerprint density at radius 1 is 0.400 bits per heavy atom. The third-order valence-electron chi connectivity index (χ3n) is 14.1. The zero-order valence-corrected chi connectivity index (χ0v) is 35.8. The van der Waals surface area contributed by atoms with E-state index in [9.17, 15) is 0 Å². The lowest BCUT2D eigenvalue weighted by atomic mass is 9.69. The third kappa shape index (κ3) is 5.18. The number of fused-ring (bicyclic) bond motifs is 13. The van der Waals surface area contributed by atoms with Crippen molar-refractivity contribution in [2.75, 3.05) is 4.90 Å². The normalized spacial score (nSPS) is 16.3. The van der Waals surface area contributed by atoms with E-state index in [0.29, 0.717) is 5.92 Å². The fourth-order valence-corrected chi connectivity index (χ4v) is 10.9. The van der Waals surface area contributed by atoms with E-state index in [0.717, 1.165) is 17.1 Å². The average Bonchev–Trinajstić information content (AvgIpc) is 3.82. The van der Waals surface area contributed by atoms with E-state index in [-0.39, 0.29) is 10.8 Å². The first-order chi connectivity index (χ1) is 29.0. The first kappa shape index (κ1) is 36.6. The first-order valence-corrected chi connectivity index (χ1v) is 21.7. The van der Waals surface area contributed by atoms with Crippen LogP contribution in [0, 0.1) is 0 Å². The van der Waals surface area contributed by atoms with Gasteiger partial charge in [0.1, 0.15) is 0 Å². The highest BCUT2D eigenvalue weighted by atomic mass is 15.1. The molecule has 292 valence electrons. The summed E-state index contributed by atoms with van der Waals surface area (Å²) in [6.07, 6.45) is 0. The molecule has 1 atom stereocenters. The van der Waals surface area contributed by atoms with E-state index in [2.05, 4.69) is 229 Å². The Morgan fingerprint density at radius 3 is 1.50 bits per heavy atom. The lowest BCUT2D eigenvalue weighted by Gasteiger charge is -2.32. The molecule has 0 aliphatic heterocycles. The Bertz CT molecular complexity index is 3010. The van der Waals surface area contributed by atoms with Gasteiger partial charge in [-0.3, -0.25) is 0 Å². The molecule has 3 aliphatic rings. The van der Waals surface area contributed by atoms with E-state index in [1.807, 2.05) is 0 Å². The summed E-state index contributed by atoms with van der Waals surface area (Å²) in [4.78, 5) is 2.48. The predicted molar refractivity (Wildman–Crippen MR) is 253 cm³/mol. The second-order valence-electron chi connectivity index (χ2n) is 19.1. The van der Waals surface area contributed by atoms with Gasteiger partial charge in [-0.1, -0.05) is 188 Å². The van der Waals surface area contributed by atoms with Crippen molar-refractivity contribution < 1.29 is 0 Å². The van der Waals surface area contributed by atoms with E-state index in [4.69, 9.17) is 0 Å². The molecule has 0 N–H and O–H groups in total. The van der Waals surface area contributed by atoms with Crippen LogP contribution in [-0.4, -0.2) is 0 Å². The molecule has 1 spiro atoms. The van der Waals surface area contributed by atoms with Crippen LogP contribution in [0.4, 0.5) is 17.1 Å². The van der Waals surface area contributed by atoms with Gasteiger partial charge in [-0.05, 0) is 137 Å². The maximum atomic E-state index is 2.52. The minimum Gasteiger partial charge on any atom is -0.310 e. The van der Waals surface area contributed by atoms with Crippen molar-refractivity contribution in [2.24, 2.45) is 0 Å². The van der Waals surface area contributed by atoms with Crippen molar-refractivity contribution in [1.82, 2.24) is 0 Å². The van der Waals surface area contributed by atoms with E-state index in [1.165, 1.54) is 89.0 Å². The molecule has 1 heteroatoms. The Kier molecular flexibility index (Phi) is 7.95. The van der Waals surface area contributed by atoms with Crippen LogP contribution in [0.5, 0.6) is 0 Å².